The maximum Gasteiger partial charge on any atom is 0.153 e. The van der Waals surface area contributed by atoms with Crippen molar-refractivity contribution in [2.45, 2.75) is 26.4 Å². The smallest absolute Gasteiger partial charge is 0.153 e. The van der Waals surface area contributed by atoms with Crippen molar-refractivity contribution in [2.75, 3.05) is 6.61 Å². The number of hydrogen-bond acceptors (Lipinski definition) is 5. The highest BCUT2D eigenvalue weighted by atomic mass is 16.5. The number of hydrogen-bond donors (Lipinski definition) is 1. The van der Waals surface area contributed by atoms with Crippen molar-refractivity contribution >= 4 is 0 Å². The second-order valence-corrected chi connectivity index (χ2v) is 5.88. The zero-order valence-electron chi connectivity index (χ0n) is 14.6. The van der Waals surface area contributed by atoms with Crippen LogP contribution in [0.4, 0.5) is 0 Å². The highest BCUT2D eigenvalue weighted by Gasteiger charge is 2.17. The number of pyridine rings is 1. The molecule has 1 aromatic carbocycles. The maximum atomic E-state index is 9.48. The normalized spacial score (nSPS) is 10.5. The summed E-state index contributed by atoms with van der Waals surface area (Å²) in [7, 11) is 0. The summed E-state index contributed by atoms with van der Waals surface area (Å²) in [6.45, 7) is 2.21. The third-order valence-electron chi connectivity index (χ3n) is 4.06. The molecule has 0 aliphatic heterocycles. The van der Waals surface area contributed by atoms with Crippen molar-refractivity contribution in [3.05, 3.63) is 71.2 Å². The fourth-order valence-corrected chi connectivity index (χ4v) is 2.71. The minimum absolute atomic E-state index is 0.187. The minimum Gasteiger partial charge on any atom is -0.487 e. The van der Waals surface area contributed by atoms with E-state index in [1.165, 1.54) is 0 Å². The van der Waals surface area contributed by atoms with Gasteiger partial charge in [-0.3, -0.25) is 0 Å². The number of benzene rings is 1. The van der Waals surface area contributed by atoms with Gasteiger partial charge in [0.15, 0.2) is 5.82 Å². The first-order chi connectivity index (χ1) is 12.7. The van der Waals surface area contributed by atoms with E-state index in [0.29, 0.717) is 28.5 Å². The van der Waals surface area contributed by atoms with Gasteiger partial charge in [0.1, 0.15) is 29.7 Å². The molecule has 0 aliphatic carbocycles. The molecule has 0 radical (unpaired) electrons. The van der Waals surface area contributed by atoms with Crippen LogP contribution in [-0.4, -0.2) is 26.5 Å². The zero-order valence-corrected chi connectivity index (χ0v) is 14.6. The Morgan fingerprint density at radius 3 is 2.65 bits per heavy atom. The Labute approximate surface area is 152 Å². The predicted octanol–water partition coefficient (Wildman–Crippen LogP) is 2.95. The van der Waals surface area contributed by atoms with Gasteiger partial charge in [-0.05, 0) is 49.6 Å². The van der Waals surface area contributed by atoms with E-state index in [0.717, 1.165) is 18.4 Å². The van der Waals surface area contributed by atoms with E-state index in [-0.39, 0.29) is 13.2 Å². The molecule has 0 atom stereocenters. The number of aliphatic hydroxyl groups excluding tert-OH is 1. The Morgan fingerprint density at radius 2 is 2.00 bits per heavy atom. The second-order valence-electron chi connectivity index (χ2n) is 5.88. The van der Waals surface area contributed by atoms with Gasteiger partial charge in [0.25, 0.3) is 0 Å². The van der Waals surface area contributed by atoms with Crippen LogP contribution in [0.5, 0.6) is 5.75 Å². The van der Waals surface area contributed by atoms with Gasteiger partial charge in [-0.1, -0.05) is 18.2 Å². The third kappa shape index (κ3) is 3.90. The van der Waals surface area contributed by atoms with Crippen molar-refractivity contribution < 1.29 is 9.84 Å². The summed E-state index contributed by atoms with van der Waals surface area (Å²) in [6, 6.07) is 15.5. The van der Waals surface area contributed by atoms with Crippen molar-refractivity contribution in [1.29, 1.82) is 5.26 Å². The van der Waals surface area contributed by atoms with Crippen molar-refractivity contribution in [3.8, 4) is 17.6 Å². The lowest BCUT2D eigenvalue weighted by Gasteiger charge is -2.10. The maximum absolute atomic E-state index is 9.48. The summed E-state index contributed by atoms with van der Waals surface area (Å²) in [6.07, 6.45) is 3.27. The second kappa shape index (κ2) is 8.28. The molecule has 0 aliphatic rings. The molecular weight excluding hydrogens is 328 g/mol. The van der Waals surface area contributed by atoms with E-state index in [1.807, 2.05) is 42.5 Å². The molecular formula is C20H20N4O2. The Bertz CT molecular complexity index is 896. The minimum atomic E-state index is 0.187. The highest BCUT2D eigenvalue weighted by molar-refractivity contribution is 5.41. The molecule has 2 aromatic heterocycles. The fraction of sp³-hybridized carbons (Fsp3) is 0.250. The lowest BCUT2D eigenvalue weighted by Crippen LogP contribution is -2.08. The first-order valence-corrected chi connectivity index (χ1v) is 8.45. The molecule has 0 amide bonds. The summed E-state index contributed by atoms with van der Waals surface area (Å²) < 4.78 is 7.54. The first-order valence-electron chi connectivity index (χ1n) is 8.45. The molecule has 0 unspecified atom stereocenters. The van der Waals surface area contributed by atoms with E-state index in [4.69, 9.17) is 9.84 Å². The molecule has 0 fully saturated rings. The molecule has 1 N–H and O–H groups in total. The van der Waals surface area contributed by atoms with Crippen LogP contribution in [0.15, 0.2) is 48.7 Å². The number of aromatic nitrogens is 3. The largest absolute Gasteiger partial charge is 0.487 e. The van der Waals surface area contributed by atoms with E-state index >= 15 is 0 Å². The molecule has 26 heavy (non-hydrogen) atoms. The number of nitriles is 1. The quantitative estimate of drug-likeness (QED) is 0.710. The lowest BCUT2D eigenvalue weighted by atomic mass is 10.1. The van der Waals surface area contributed by atoms with Crippen molar-refractivity contribution in [2.24, 2.45) is 0 Å². The van der Waals surface area contributed by atoms with Gasteiger partial charge in [0.2, 0.25) is 0 Å². The number of rotatable bonds is 7. The molecule has 6 nitrogen and oxygen atoms in total. The molecule has 0 saturated carbocycles. The monoisotopic (exact) mass is 348 g/mol. The number of ether oxygens (including phenoxy) is 1. The van der Waals surface area contributed by atoms with Gasteiger partial charge in [0, 0.05) is 12.8 Å². The summed E-state index contributed by atoms with van der Waals surface area (Å²) in [5.41, 5.74) is 2.98. The standard InChI is InChI=1S/C20H20N4O2/c1-15-18(13-21)19(24(23-15)20-6-2-3-11-22-20)14-26-17-9-7-16(8-10-17)5-4-12-25/h2-3,6-11,25H,4-5,12,14H2,1H3. The first kappa shape index (κ1) is 17.6. The molecule has 3 rings (SSSR count). The van der Waals surface area contributed by atoms with Gasteiger partial charge in [-0.15, -0.1) is 0 Å². The van der Waals surface area contributed by atoms with Gasteiger partial charge in [-0.2, -0.15) is 10.4 Å². The van der Waals surface area contributed by atoms with Crippen LogP contribution in [0.3, 0.4) is 0 Å². The van der Waals surface area contributed by atoms with Crippen LogP contribution in [-0.2, 0) is 13.0 Å². The molecule has 132 valence electrons. The third-order valence-corrected chi connectivity index (χ3v) is 4.06. The van der Waals surface area contributed by atoms with E-state index in [2.05, 4.69) is 16.2 Å². The van der Waals surface area contributed by atoms with Crippen LogP contribution in [0.25, 0.3) is 5.82 Å². The number of aryl methyl sites for hydroxylation is 2. The van der Waals surface area contributed by atoms with E-state index in [9.17, 15) is 5.26 Å². The number of nitrogens with zero attached hydrogens (tertiary/aromatic N) is 4. The predicted molar refractivity (Wildman–Crippen MR) is 97.0 cm³/mol. The number of aliphatic hydroxyl groups is 1. The lowest BCUT2D eigenvalue weighted by molar-refractivity contribution is 0.288. The molecule has 3 aromatic rings. The molecule has 0 bridgehead atoms. The summed E-state index contributed by atoms with van der Waals surface area (Å²) in [5, 5.41) is 22.8. The van der Waals surface area contributed by atoms with Crippen LogP contribution in [0, 0.1) is 18.3 Å². The van der Waals surface area contributed by atoms with Gasteiger partial charge < -0.3 is 9.84 Å². The van der Waals surface area contributed by atoms with Crippen molar-refractivity contribution in [1.82, 2.24) is 14.8 Å². The summed E-state index contributed by atoms with van der Waals surface area (Å²) in [5.74, 6) is 1.36. The van der Waals surface area contributed by atoms with Gasteiger partial charge in [-0.25, -0.2) is 9.67 Å². The van der Waals surface area contributed by atoms with E-state index < -0.39 is 0 Å². The molecule has 0 saturated heterocycles. The Kier molecular flexibility index (Phi) is 5.62. The topological polar surface area (TPSA) is 84.0 Å². The Balaban J connectivity index is 1.80. The SMILES string of the molecule is Cc1nn(-c2ccccn2)c(COc2ccc(CCCO)cc2)c1C#N. The molecule has 2 heterocycles. The van der Waals surface area contributed by atoms with Gasteiger partial charge in [0.05, 0.1) is 5.69 Å². The fourth-order valence-electron chi connectivity index (χ4n) is 2.71. The van der Waals surface area contributed by atoms with Gasteiger partial charge >= 0.3 is 0 Å². The van der Waals surface area contributed by atoms with Crippen LogP contribution in [0.1, 0.15) is 28.9 Å². The Hall–Kier alpha value is -3.17. The summed E-state index contributed by atoms with van der Waals surface area (Å²) in [4.78, 5) is 4.31. The molecule has 0 spiro atoms. The van der Waals surface area contributed by atoms with Crippen LogP contribution >= 0.6 is 0 Å². The summed E-state index contributed by atoms with van der Waals surface area (Å²) >= 11 is 0. The van der Waals surface area contributed by atoms with E-state index in [1.54, 1.807) is 17.8 Å². The Morgan fingerprint density at radius 1 is 1.19 bits per heavy atom. The van der Waals surface area contributed by atoms with Crippen LogP contribution < -0.4 is 4.74 Å². The average molecular weight is 348 g/mol. The molecule has 6 heteroatoms. The highest BCUT2D eigenvalue weighted by Crippen LogP contribution is 2.20. The van der Waals surface area contributed by atoms with Crippen molar-refractivity contribution in [3.63, 3.8) is 0 Å². The zero-order chi connectivity index (χ0) is 18.4. The average Bonchev–Trinajstić information content (AvgIpc) is 3.01. The van der Waals surface area contributed by atoms with Crippen LogP contribution in [0.2, 0.25) is 0 Å².